The maximum Gasteiger partial charge on any atom is 0.209 e. The second kappa shape index (κ2) is 4.09. The molecule has 0 amide bonds. The minimum atomic E-state index is 0.434. The van der Waals surface area contributed by atoms with E-state index in [-0.39, 0.29) is 0 Å². The lowest BCUT2D eigenvalue weighted by atomic mass is 10.3. The van der Waals surface area contributed by atoms with Crippen molar-refractivity contribution in [1.82, 2.24) is 20.2 Å². The van der Waals surface area contributed by atoms with Crippen LogP contribution in [0.3, 0.4) is 0 Å². The third-order valence-electron chi connectivity index (χ3n) is 2.93. The molecule has 1 aliphatic heterocycles. The Morgan fingerprint density at radius 2 is 2.20 bits per heavy atom. The van der Waals surface area contributed by atoms with Gasteiger partial charge >= 0.3 is 0 Å². The highest BCUT2D eigenvalue weighted by Crippen LogP contribution is 2.32. The Kier molecular flexibility index (Phi) is 2.62. The van der Waals surface area contributed by atoms with Crippen molar-refractivity contribution in [2.75, 3.05) is 12.4 Å². The first-order chi connectivity index (χ1) is 7.43. The molecule has 1 aliphatic carbocycles. The molecule has 1 aromatic rings. The fourth-order valence-electron chi connectivity index (χ4n) is 1.99. The van der Waals surface area contributed by atoms with Crippen molar-refractivity contribution >= 4 is 11.8 Å². The fraction of sp³-hybridized carbons (Fsp3) is 0.889. The van der Waals surface area contributed by atoms with Crippen LogP contribution in [0.25, 0.3) is 0 Å². The van der Waals surface area contributed by atoms with Gasteiger partial charge in [0.15, 0.2) is 0 Å². The Hall–Kier alpha value is -0.620. The Labute approximate surface area is 92.6 Å². The molecule has 82 valence electrons. The molecule has 2 aliphatic rings. The van der Waals surface area contributed by atoms with Crippen LogP contribution in [0.1, 0.15) is 31.7 Å². The number of nitrogens with zero attached hydrogens (tertiary/aromatic N) is 4. The Morgan fingerprint density at radius 3 is 2.93 bits per heavy atom. The van der Waals surface area contributed by atoms with E-state index < -0.39 is 0 Å². The molecule has 1 unspecified atom stereocenters. The summed E-state index contributed by atoms with van der Waals surface area (Å²) in [5.74, 6) is 0.979. The zero-order valence-corrected chi connectivity index (χ0v) is 9.32. The molecule has 0 spiro atoms. The van der Waals surface area contributed by atoms with E-state index in [1.54, 1.807) is 11.8 Å². The largest absolute Gasteiger partial charge is 0.372 e. The molecule has 5 nitrogen and oxygen atoms in total. The quantitative estimate of drug-likeness (QED) is 0.572. The van der Waals surface area contributed by atoms with Crippen molar-refractivity contribution in [3.63, 3.8) is 0 Å². The number of hydrogen-bond acceptors (Lipinski definition) is 5. The van der Waals surface area contributed by atoms with E-state index in [0.29, 0.717) is 12.1 Å². The van der Waals surface area contributed by atoms with Gasteiger partial charge < -0.3 is 4.74 Å². The van der Waals surface area contributed by atoms with Crippen LogP contribution in [-0.2, 0) is 4.74 Å². The predicted octanol–water partition coefficient (Wildman–Crippen LogP) is 1.28. The standard InChI is InChI=1S/C9H14N4OS/c1-2-4-7(3-1)13-9(10-11-12-13)15-6-8-5-14-8/h7-8H,1-6H2. The number of aromatic nitrogens is 4. The Balaban J connectivity index is 1.67. The normalized spacial score (nSPS) is 26.0. The van der Waals surface area contributed by atoms with Crippen LogP contribution in [0.4, 0.5) is 0 Å². The highest BCUT2D eigenvalue weighted by atomic mass is 32.2. The van der Waals surface area contributed by atoms with Gasteiger partial charge in [-0.15, -0.1) is 5.10 Å². The summed E-state index contributed by atoms with van der Waals surface area (Å²) in [5.41, 5.74) is 0. The molecule has 15 heavy (non-hydrogen) atoms. The number of epoxide rings is 1. The van der Waals surface area contributed by atoms with Gasteiger partial charge in [-0.3, -0.25) is 0 Å². The topological polar surface area (TPSA) is 56.1 Å². The minimum absolute atomic E-state index is 0.434. The van der Waals surface area contributed by atoms with E-state index >= 15 is 0 Å². The van der Waals surface area contributed by atoms with Gasteiger partial charge in [0.1, 0.15) is 0 Å². The van der Waals surface area contributed by atoms with Crippen LogP contribution in [0.2, 0.25) is 0 Å². The summed E-state index contributed by atoms with van der Waals surface area (Å²) in [6.07, 6.45) is 5.49. The number of thioether (sulfide) groups is 1. The summed E-state index contributed by atoms with van der Waals surface area (Å²) in [6.45, 7) is 0.901. The Bertz CT molecular complexity index is 333. The molecule has 0 N–H and O–H groups in total. The molecule has 1 aromatic heterocycles. The van der Waals surface area contributed by atoms with E-state index in [9.17, 15) is 0 Å². The maximum absolute atomic E-state index is 5.17. The maximum atomic E-state index is 5.17. The third kappa shape index (κ3) is 2.15. The lowest BCUT2D eigenvalue weighted by Gasteiger charge is -2.09. The molecule has 1 atom stereocenters. The summed E-state index contributed by atoms with van der Waals surface area (Å²) < 4.78 is 7.17. The van der Waals surface area contributed by atoms with Crippen molar-refractivity contribution in [3.8, 4) is 0 Å². The van der Waals surface area contributed by atoms with E-state index in [2.05, 4.69) is 15.5 Å². The number of rotatable bonds is 4. The van der Waals surface area contributed by atoms with Crippen molar-refractivity contribution in [1.29, 1.82) is 0 Å². The van der Waals surface area contributed by atoms with Crippen LogP contribution in [0.5, 0.6) is 0 Å². The molecule has 2 heterocycles. The highest BCUT2D eigenvalue weighted by Gasteiger charge is 2.26. The van der Waals surface area contributed by atoms with Crippen molar-refractivity contribution in [2.45, 2.75) is 43.0 Å². The summed E-state index contributed by atoms with van der Waals surface area (Å²) in [4.78, 5) is 0. The van der Waals surface area contributed by atoms with Gasteiger partial charge in [0.2, 0.25) is 5.16 Å². The van der Waals surface area contributed by atoms with Gasteiger partial charge in [-0.1, -0.05) is 24.6 Å². The third-order valence-corrected chi connectivity index (χ3v) is 4.00. The van der Waals surface area contributed by atoms with Crippen molar-refractivity contribution < 1.29 is 4.74 Å². The highest BCUT2D eigenvalue weighted by molar-refractivity contribution is 7.99. The number of ether oxygens (including phenoxy) is 1. The van der Waals surface area contributed by atoms with Crippen LogP contribution in [0.15, 0.2) is 5.16 Å². The second-order valence-electron chi connectivity index (χ2n) is 4.11. The smallest absolute Gasteiger partial charge is 0.209 e. The van der Waals surface area contributed by atoms with E-state index in [4.69, 9.17) is 4.74 Å². The van der Waals surface area contributed by atoms with Gasteiger partial charge in [-0.05, 0) is 23.3 Å². The van der Waals surface area contributed by atoms with Gasteiger partial charge in [0, 0.05) is 5.75 Å². The van der Waals surface area contributed by atoms with Crippen LogP contribution < -0.4 is 0 Å². The first-order valence-electron chi connectivity index (χ1n) is 5.46. The first-order valence-corrected chi connectivity index (χ1v) is 6.44. The first kappa shape index (κ1) is 9.59. The van der Waals surface area contributed by atoms with Crippen LogP contribution >= 0.6 is 11.8 Å². The molecular weight excluding hydrogens is 212 g/mol. The van der Waals surface area contributed by atoms with Gasteiger partial charge in [-0.25, -0.2) is 4.68 Å². The second-order valence-corrected chi connectivity index (χ2v) is 5.10. The molecule has 2 fully saturated rings. The monoisotopic (exact) mass is 226 g/mol. The van der Waals surface area contributed by atoms with Crippen molar-refractivity contribution in [2.24, 2.45) is 0 Å². The Morgan fingerprint density at radius 1 is 1.40 bits per heavy atom. The molecule has 1 saturated heterocycles. The van der Waals surface area contributed by atoms with Crippen LogP contribution in [-0.4, -0.2) is 38.7 Å². The average Bonchev–Trinajstić information content (AvgIpc) is 2.79. The average molecular weight is 226 g/mol. The van der Waals surface area contributed by atoms with Gasteiger partial charge in [0.25, 0.3) is 0 Å². The summed E-state index contributed by atoms with van der Waals surface area (Å²) in [6, 6.07) is 0.530. The minimum Gasteiger partial charge on any atom is -0.372 e. The lowest BCUT2D eigenvalue weighted by molar-refractivity contribution is 0.419. The zero-order valence-electron chi connectivity index (χ0n) is 8.50. The van der Waals surface area contributed by atoms with Crippen LogP contribution in [0, 0.1) is 0 Å². The molecule has 3 rings (SSSR count). The molecule has 0 bridgehead atoms. The fourth-order valence-corrected chi connectivity index (χ4v) is 2.93. The van der Waals surface area contributed by atoms with Crippen molar-refractivity contribution in [3.05, 3.63) is 0 Å². The lowest BCUT2D eigenvalue weighted by Crippen LogP contribution is -2.08. The van der Waals surface area contributed by atoms with E-state index in [0.717, 1.165) is 17.5 Å². The van der Waals surface area contributed by atoms with Gasteiger partial charge in [0.05, 0.1) is 18.8 Å². The predicted molar refractivity (Wildman–Crippen MR) is 55.8 cm³/mol. The molecule has 0 aromatic carbocycles. The summed E-state index contributed by atoms with van der Waals surface area (Å²) >= 11 is 1.71. The number of hydrogen-bond donors (Lipinski definition) is 0. The van der Waals surface area contributed by atoms with Gasteiger partial charge in [-0.2, -0.15) is 0 Å². The molecule has 0 radical (unpaired) electrons. The molecular formula is C9H14N4OS. The van der Waals surface area contributed by atoms with E-state index in [1.165, 1.54) is 25.7 Å². The SMILES string of the molecule is C1CCC(n2nnnc2SCC2CO2)C1. The number of tetrazole rings is 1. The summed E-state index contributed by atoms with van der Waals surface area (Å²) in [7, 11) is 0. The zero-order chi connectivity index (χ0) is 10.1. The van der Waals surface area contributed by atoms with E-state index in [1.807, 2.05) is 4.68 Å². The molecule has 1 saturated carbocycles. The summed E-state index contributed by atoms with van der Waals surface area (Å²) in [5, 5.41) is 12.9. The molecule has 6 heteroatoms.